The number of sulfone groups is 1. The predicted molar refractivity (Wildman–Crippen MR) is 39.6 cm³/mol. The molecule has 0 rings (SSSR count). The van der Waals surface area contributed by atoms with E-state index in [2.05, 4.69) is 0 Å². The highest BCUT2D eigenvalue weighted by atomic mass is 32.2. The number of hydrogen-bond donors (Lipinski definition) is 0. The van der Waals surface area contributed by atoms with Crippen molar-refractivity contribution in [2.24, 2.45) is 0 Å². The molecule has 5 heteroatoms. The first-order valence-electron chi connectivity index (χ1n) is 3.46. The molecule has 0 aromatic carbocycles. The molecule has 2 nitrogen and oxygen atoms in total. The monoisotopic (exact) mass is 186 g/mol. The van der Waals surface area contributed by atoms with Crippen LogP contribution in [0.2, 0.25) is 0 Å². The van der Waals surface area contributed by atoms with Gasteiger partial charge in [0.1, 0.15) is 9.84 Å². The molecule has 0 spiro atoms. The quantitative estimate of drug-likeness (QED) is 0.651. The van der Waals surface area contributed by atoms with Crippen LogP contribution in [0.3, 0.4) is 0 Å². The van der Waals surface area contributed by atoms with Crippen molar-refractivity contribution in [1.29, 1.82) is 0 Å². The number of rotatable bonds is 5. The van der Waals surface area contributed by atoms with Gasteiger partial charge in [-0.1, -0.05) is 6.92 Å². The number of hydrogen-bond acceptors (Lipinski definition) is 2. The van der Waals surface area contributed by atoms with E-state index in [1.807, 2.05) is 0 Å². The highest BCUT2D eigenvalue weighted by molar-refractivity contribution is 7.91. The highest BCUT2D eigenvalue weighted by Crippen LogP contribution is 2.04. The zero-order chi connectivity index (χ0) is 8.91. The molecular formula is C6H12F2O2S. The van der Waals surface area contributed by atoms with Crippen molar-refractivity contribution in [1.82, 2.24) is 0 Å². The molecule has 0 radical (unpaired) electrons. The van der Waals surface area contributed by atoms with E-state index in [-0.39, 0.29) is 24.3 Å². The number of alkyl halides is 2. The summed E-state index contributed by atoms with van der Waals surface area (Å²) in [4.78, 5) is 0. The zero-order valence-corrected chi connectivity index (χ0v) is 7.20. The van der Waals surface area contributed by atoms with Crippen LogP contribution in [-0.2, 0) is 9.84 Å². The molecule has 0 heterocycles. The van der Waals surface area contributed by atoms with Crippen molar-refractivity contribution in [3.63, 3.8) is 0 Å². The Morgan fingerprint density at radius 3 is 2.27 bits per heavy atom. The molecule has 0 fully saturated rings. The van der Waals surface area contributed by atoms with Crippen LogP contribution < -0.4 is 0 Å². The van der Waals surface area contributed by atoms with Gasteiger partial charge in [0, 0.05) is 12.2 Å². The molecule has 0 unspecified atom stereocenters. The molecule has 0 aliphatic carbocycles. The Balaban J connectivity index is 3.55. The highest BCUT2D eigenvalue weighted by Gasteiger charge is 2.09. The fourth-order valence-corrected chi connectivity index (χ4v) is 1.50. The summed E-state index contributed by atoms with van der Waals surface area (Å²) in [5, 5.41) is 0. The summed E-state index contributed by atoms with van der Waals surface area (Å²) in [5.41, 5.74) is 0. The van der Waals surface area contributed by atoms with E-state index in [4.69, 9.17) is 0 Å². The first-order chi connectivity index (χ1) is 4.98. The van der Waals surface area contributed by atoms with Crippen molar-refractivity contribution in [3.8, 4) is 0 Å². The fraction of sp³-hybridized carbons (Fsp3) is 1.00. The molecule has 0 atom stereocenters. The van der Waals surface area contributed by atoms with Gasteiger partial charge in [-0.15, -0.1) is 0 Å². The van der Waals surface area contributed by atoms with E-state index in [0.29, 0.717) is 0 Å². The van der Waals surface area contributed by atoms with Gasteiger partial charge >= 0.3 is 0 Å². The summed E-state index contributed by atoms with van der Waals surface area (Å²) >= 11 is 0. The van der Waals surface area contributed by atoms with Gasteiger partial charge in [-0.25, -0.2) is 17.2 Å². The van der Waals surface area contributed by atoms with Crippen LogP contribution in [0.4, 0.5) is 8.78 Å². The summed E-state index contributed by atoms with van der Waals surface area (Å²) in [6.07, 6.45) is -2.64. The van der Waals surface area contributed by atoms with Crippen molar-refractivity contribution >= 4 is 9.84 Å². The van der Waals surface area contributed by atoms with Crippen LogP contribution >= 0.6 is 0 Å². The average Bonchev–Trinajstić information content (AvgIpc) is 1.87. The maximum Gasteiger partial charge on any atom is 0.238 e. The van der Waals surface area contributed by atoms with Crippen LogP contribution in [0.1, 0.15) is 19.8 Å². The van der Waals surface area contributed by atoms with E-state index in [1.54, 1.807) is 0 Å². The van der Waals surface area contributed by atoms with Gasteiger partial charge in [-0.3, -0.25) is 0 Å². The third-order valence-electron chi connectivity index (χ3n) is 1.32. The predicted octanol–water partition coefficient (Wildman–Crippen LogP) is 1.47. The van der Waals surface area contributed by atoms with Gasteiger partial charge in [-0.2, -0.15) is 0 Å². The molecule has 0 bridgehead atoms. The average molecular weight is 186 g/mol. The Morgan fingerprint density at radius 2 is 1.91 bits per heavy atom. The van der Waals surface area contributed by atoms with E-state index in [9.17, 15) is 17.2 Å². The van der Waals surface area contributed by atoms with Gasteiger partial charge in [0.25, 0.3) is 0 Å². The normalized spacial score (nSPS) is 12.4. The molecule has 0 aliphatic heterocycles. The van der Waals surface area contributed by atoms with Crippen molar-refractivity contribution < 1.29 is 17.2 Å². The minimum Gasteiger partial charge on any atom is -0.229 e. The van der Waals surface area contributed by atoms with Crippen molar-refractivity contribution in [2.45, 2.75) is 26.2 Å². The standard InChI is InChI=1S/C6H12F2O2S/c1-2-11(9,10)5-3-4-6(7)8/h6H,2-5H2,1H3. The third-order valence-corrected chi connectivity index (χ3v) is 3.11. The summed E-state index contributed by atoms with van der Waals surface area (Å²) in [7, 11) is -3.05. The second-order valence-electron chi connectivity index (χ2n) is 2.27. The minimum absolute atomic E-state index is 0.0379. The van der Waals surface area contributed by atoms with Gasteiger partial charge in [0.05, 0.1) is 5.75 Å². The van der Waals surface area contributed by atoms with Crippen molar-refractivity contribution in [3.05, 3.63) is 0 Å². The molecule has 0 aromatic rings. The molecule has 68 valence electrons. The summed E-state index contributed by atoms with van der Waals surface area (Å²) in [5.74, 6) is -0.0793. The van der Waals surface area contributed by atoms with Crippen LogP contribution in [0.15, 0.2) is 0 Å². The van der Waals surface area contributed by atoms with Crippen LogP contribution in [0.5, 0.6) is 0 Å². The summed E-state index contributed by atoms with van der Waals surface area (Å²) < 4.78 is 44.5. The first kappa shape index (κ1) is 10.8. The lowest BCUT2D eigenvalue weighted by atomic mass is 10.4. The molecule has 11 heavy (non-hydrogen) atoms. The van der Waals surface area contributed by atoms with Gasteiger partial charge in [0.2, 0.25) is 6.43 Å². The Hall–Kier alpha value is -0.190. The lowest BCUT2D eigenvalue weighted by Gasteiger charge is -1.99. The van der Waals surface area contributed by atoms with Crippen LogP contribution in [0.25, 0.3) is 0 Å². The molecule has 0 saturated heterocycles. The van der Waals surface area contributed by atoms with Crippen molar-refractivity contribution in [2.75, 3.05) is 11.5 Å². The second kappa shape index (κ2) is 4.64. The lowest BCUT2D eigenvalue weighted by molar-refractivity contribution is 0.137. The topological polar surface area (TPSA) is 34.1 Å². The summed E-state index contributed by atoms with van der Waals surface area (Å²) in [6.45, 7) is 1.51. The lowest BCUT2D eigenvalue weighted by Crippen LogP contribution is -2.09. The van der Waals surface area contributed by atoms with E-state index in [1.165, 1.54) is 6.92 Å². The largest absolute Gasteiger partial charge is 0.238 e. The molecule has 0 N–H and O–H groups in total. The molecule has 0 aliphatic rings. The smallest absolute Gasteiger partial charge is 0.229 e. The Kier molecular flexibility index (Phi) is 4.56. The van der Waals surface area contributed by atoms with Crippen LogP contribution in [0, 0.1) is 0 Å². The maximum atomic E-state index is 11.5. The number of halogens is 2. The SMILES string of the molecule is CCS(=O)(=O)CCCC(F)F. The fourth-order valence-electron chi connectivity index (χ4n) is 0.602. The van der Waals surface area contributed by atoms with E-state index in [0.717, 1.165) is 0 Å². The first-order valence-corrected chi connectivity index (χ1v) is 5.28. The molecule has 0 aromatic heterocycles. The molecular weight excluding hydrogens is 174 g/mol. The van der Waals surface area contributed by atoms with Gasteiger partial charge in [0.15, 0.2) is 0 Å². The maximum absolute atomic E-state index is 11.5. The third kappa shape index (κ3) is 6.22. The zero-order valence-electron chi connectivity index (χ0n) is 6.39. The minimum atomic E-state index is -3.05. The molecule has 0 saturated carbocycles. The van der Waals surface area contributed by atoms with E-state index < -0.39 is 16.3 Å². The van der Waals surface area contributed by atoms with Crippen LogP contribution in [-0.4, -0.2) is 26.3 Å². The van der Waals surface area contributed by atoms with E-state index >= 15 is 0 Å². The van der Waals surface area contributed by atoms with Gasteiger partial charge in [-0.05, 0) is 6.42 Å². The Bertz CT molecular complexity index is 187. The second-order valence-corrected chi connectivity index (χ2v) is 4.74. The van der Waals surface area contributed by atoms with Gasteiger partial charge < -0.3 is 0 Å². The summed E-state index contributed by atoms with van der Waals surface area (Å²) in [6, 6.07) is 0. The Labute approximate surface area is 65.5 Å². The molecule has 0 amide bonds. The Morgan fingerprint density at radius 1 is 1.36 bits per heavy atom.